The van der Waals surface area contributed by atoms with Crippen molar-refractivity contribution in [3.05, 3.63) is 0 Å². The lowest BCUT2D eigenvalue weighted by Crippen LogP contribution is -1.97. The highest BCUT2D eigenvalue weighted by atomic mass is 16.4. The largest absolute Gasteiger partial charge is 0.481 e. The van der Waals surface area contributed by atoms with E-state index in [1.165, 1.54) is 64.2 Å². The molecule has 0 saturated carbocycles. The van der Waals surface area contributed by atoms with E-state index in [0.29, 0.717) is 6.42 Å². The summed E-state index contributed by atoms with van der Waals surface area (Å²) < 4.78 is 0. The summed E-state index contributed by atoms with van der Waals surface area (Å²) in [6.07, 6.45) is 15.7. The predicted octanol–water partition coefficient (Wildman–Crippen LogP) is 6.43. The van der Waals surface area contributed by atoms with Gasteiger partial charge >= 0.3 is 5.97 Å². The smallest absolute Gasteiger partial charge is 0.303 e. The Morgan fingerprint density at radius 3 is 1.71 bits per heavy atom. The van der Waals surface area contributed by atoms with Gasteiger partial charge in [-0.05, 0) is 18.3 Å². The third-order valence-corrected chi connectivity index (χ3v) is 4.68. The standard InChI is InChI=1S/C19H38O2/c1-4-17(2)13-10-8-11-15-18(3)14-9-6-5-7-12-16-19(20)21/h17-18H,4-16H2,1-3H3,(H,20,21). The molecule has 0 aliphatic heterocycles. The van der Waals surface area contributed by atoms with Gasteiger partial charge < -0.3 is 5.11 Å². The molecule has 0 heterocycles. The van der Waals surface area contributed by atoms with Crippen LogP contribution in [-0.2, 0) is 4.79 Å². The molecule has 0 bridgehead atoms. The summed E-state index contributed by atoms with van der Waals surface area (Å²) in [4.78, 5) is 10.4. The van der Waals surface area contributed by atoms with E-state index in [-0.39, 0.29) is 0 Å². The van der Waals surface area contributed by atoms with Crippen molar-refractivity contribution in [1.29, 1.82) is 0 Å². The molecule has 0 aromatic heterocycles. The van der Waals surface area contributed by atoms with Crippen molar-refractivity contribution in [3.63, 3.8) is 0 Å². The lowest BCUT2D eigenvalue weighted by atomic mass is 9.95. The van der Waals surface area contributed by atoms with E-state index < -0.39 is 5.97 Å². The highest BCUT2D eigenvalue weighted by Gasteiger charge is 2.03. The normalized spacial score (nSPS) is 14.0. The lowest BCUT2D eigenvalue weighted by Gasteiger charge is -2.12. The molecule has 2 atom stereocenters. The average molecular weight is 299 g/mol. The number of hydrogen-bond donors (Lipinski definition) is 1. The first-order chi connectivity index (χ1) is 10.1. The van der Waals surface area contributed by atoms with E-state index in [1.807, 2.05) is 0 Å². The summed E-state index contributed by atoms with van der Waals surface area (Å²) in [7, 11) is 0. The van der Waals surface area contributed by atoms with Crippen LogP contribution in [0, 0.1) is 11.8 Å². The van der Waals surface area contributed by atoms with Crippen molar-refractivity contribution >= 4 is 5.97 Å². The second-order valence-corrected chi connectivity index (χ2v) is 6.96. The molecule has 126 valence electrons. The number of carboxylic acid groups (broad SMARTS) is 1. The molecule has 0 fully saturated rings. The summed E-state index contributed by atoms with van der Waals surface area (Å²) in [5, 5.41) is 8.55. The number of unbranched alkanes of at least 4 members (excludes halogenated alkanes) is 6. The molecule has 0 radical (unpaired) electrons. The lowest BCUT2D eigenvalue weighted by molar-refractivity contribution is -0.137. The fourth-order valence-electron chi connectivity index (χ4n) is 2.81. The second kappa shape index (κ2) is 14.4. The van der Waals surface area contributed by atoms with Crippen LogP contribution < -0.4 is 0 Å². The van der Waals surface area contributed by atoms with Gasteiger partial charge in [-0.3, -0.25) is 4.79 Å². The first kappa shape index (κ1) is 20.5. The summed E-state index contributed by atoms with van der Waals surface area (Å²) >= 11 is 0. The quantitative estimate of drug-likeness (QED) is 0.353. The molecule has 2 unspecified atom stereocenters. The Hall–Kier alpha value is -0.530. The molecule has 21 heavy (non-hydrogen) atoms. The minimum absolute atomic E-state index is 0.340. The van der Waals surface area contributed by atoms with Crippen LogP contribution in [0.15, 0.2) is 0 Å². The zero-order valence-electron chi connectivity index (χ0n) is 14.7. The molecule has 0 spiro atoms. The van der Waals surface area contributed by atoms with E-state index >= 15 is 0 Å². The number of hydrogen-bond acceptors (Lipinski definition) is 1. The fraction of sp³-hybridized carbons (Fsp3) is 0.947. The van der Waals surface area contributed by atoms with Crippen LogP contribution in [0.4, 0.5) is 0 Å². The van der Waals surface area contributed by atoms with Crippen LogP contribution in [0.3, 0.4) is 0 Å². The first-order valence-electron chi connectivity index (χ1n) is 9.28. The Balaban J connectivity index is 3.23. The molecule has 0 saturated heterocycles. The maximum Gasteiger partial charge on any atom is 0.303 e. The van der Waals surface area contributed by atoms with Gasteiger partial charge in [0.2, 0.25) is 0 Å². The predicted molar refractivity (Wildman–Crippen MR) is 91.7 cm³/mol. The molecule has 2 heteroatoms. The van der Waals surface area contributed by atoms with Gasteiger partial charge in [0.15, 0.2) is 0 Å². The summed E-state index contributed by atoms with van der Waals surface area (Å²) in [6.45, 7) is 7.03. The molecule has 0 amide bonds. The highest BCUT2D eigenvalue weighted by molar-refractivity contribution is 5.66. The Morgan fingerprint density at radius 2 is 1.19 bits per heavy atom. The zero-order chi connectivity index (χ0) is 15.9. The number of aliphatic carboxylic acids is 1. The van der Waals surface area contributed by atoms with E-state index in [4.69, 9.17) is 5.11 Å². The number of carbonyl (C=O) groups is 1. The molecule has 0 aromatic rings. The Labute approximate surface area is 132 Å². The third-order valence-electron chi connectivity index (χ3n) is 4.68. The van der Waals surface area contributed by atoms with Crippen molar-refractivity contribution in [2.45, 2.75) is 104 Å². The van der Waals surface area contributed by atoms with Gasteiger partial charge in [-0.25, -0.2) is 0 Å². The Morgan fingerprint density at radius 1 is 0.762 bits per heavy atom. The van der Waals surface area contributed by atoms with Crippen LogP contribution in [0.2, 0.25) is 0 Å². The minimum atomic E-state index is -0.656. The molecule has 2 nitrogen and oxygen atoms in total. The van der Waals surface area contributed by atoms with Crippen molar-refractivity contribution in [2.75, 3.05) is 0 Å². The Bertz CT molecular complexity index is 238. The summed E-state index contributed by atoms with van der Waals surface area (Å²) in [5.74, 6) is 1.12. The van der Waals surface area contributed by atoms with Crippen molar-refractivity contribution in [2.24, 2.45) is 11.8 Å². The molecular weight excluding hydrogens is 260 g/mol. The second-order valence-electron chi connectivity index (χ2n) is 6.96. The third kappa shape index (κ3) is 15.7. The van der Waals surface area contributed by atoms with E-state index in [0.717, 1.165) is 24.7 Å². The van der Waals surface area contributed by atoms with Gasteiger partial charge in [0.25, 0.3) is 0 Å². The maximum atomic E-state index is 10.4. The SMILES string of the molecule is CCC(C)CCCCCC(C)CCCCCCCC(=O)O. The van der Waals surface area contributed by atoms with Crippen LogP contribution in [0.1, 0.15) is 104 Å². The molecule has 0 rings (SSSR count). The molecule has 0 aliphatic carbocycles. The van der Waals surface area contributed by atoms with E-state index in [1.54, 1.807) is 0 Å². The monoisotopic (exact) mass is 298 g/mol. The zero-order valence-corrected chi connectivity index (χ0v) is 14.7. The van der Waals surface area contributed by atoms with Gasteiger partial charge in [0, 0.05) is 6.42 Å². The molecule has 0 aliphatic rings. The van der Waals surface area contributed by atoms with Crippen molar-refractivity contribution in [1.82, 2.24) is 0 Å². The van der Waals surface area contributed by atoms with Gasteiger partial charge in [0.1, 0.15) is 0 Å². The van der Waals surface area contributed by atoms with Crippen LogP contribution in [0.5, 0.6) is 0 Å². The molecular formula is C19H38O2. The minimum Gasteiger partial charge on any atom is -0.481 e. The van der Waals surface area contributed by atoms with E-state index in [2.05, 4.69) is 20.8 Å². The highest BCUT2D eigenvalue weighted by Crippen LogP contribution is 2.19. The van der Waals surface area contributed by atoms with Gasteiger partial charge in [-0.1, -0.05) is 91.4 Å². The summed E-state index contributed by atoms with van der Waals surface area (Å²) in [6, 6.07) is 0. The number of rotatable bonds is 15. The van der Waals surface area contributed by atoms with Crippen LogP contribution in [0.25, 0.3) is 0 Å². The molecule has 1 N–H and O–H groups in total. The topological polar surface area (TPSA) is 37.3 Å². The number of carboxylic acids is 1. The first-order valence-corrected chi connectivity index (χ1v) is 9.28. The van der Waals surface area contributed by atoms with Crippen molar-refractivity contribution < 1.29 is 9.90 Å². The average Bonchev–Trinajstić information content (AvgIpc) is 2.45. The fourth-order valence-corrected chi connectivity index (χ4v) is 2.81. The van der Waals surface area contributed by atoms with Crippen LogP contribution in [-0.4, -0.2) is 11.1 Å². The maximum absolute atomic E-state index is 10.4. The van der Waals surface area contributed by atoms with Gasteiger partial charge in [-0.2, -0.15) is 0 Å². The van der Waals surface area contributed by atoms with Gasteiger partial charge in [-0.15, -0.1) is 0 Å². The summed E-state index contributed by atoms with van der Waals surface area (Å²) in [5.41, 5.74) is 0. The Kier molecular flexibility index (Phi) is 14.0. The van der Waals surface area contributed by atoms with E-state index in [9.17, 15) is 4.79 Å². The van der Waals surface area contributed by atoms with Crippen LogP contribution >= 0.6 is 0 Å². The van der Waals surface area contributed by atoms with Gasteiger partial charge in [0.05, 0.1) is 0 Å². The molecule has 0 aromatic carbocycles. The van der Waals surface area contributed by atoms with Crippen molar-refractivity contribution in [3.8, 4) is 0 Å².